The van der Waals surface area contributed by atoms with Crippen molar-refractivity contribution in [2.24, 2.45) is 11.7 Å². The number of hydrogen-bond donors (Lipinski definition) is 3. The number of nitrogens with one attached hydrogen (secondary N) is 2. The van der Waals surface area contributed by atoms with Gasteiger partial charge in [0, 0.05) is 60.6 Å². The molecule has 4 N–H and O–H groups in total. The molecule has 3 atom stereocenters. The van der Waals surface area contributed by atoms with Gasteiger partial charge in [0.2, 0.25) is 0 Å². The number of carbonyl (C=O) groups excluding carboxylic acids is 3. The third-order valence-corrected chi connectivity index (χ3v) is 9.08. The van der Waals surface area contributed by atoms with Gasteiger partial charge in [-0.05, 0) is 101 Å². The monoisotopic (exact) mass is 544 g/mol. The van der Waals surface area contributed by atoms with Crippen LogP contribution in [0.25, 0.3) is 0 Å². The highest BCUT2D eigenvalue weighted by molar-refractivity contribution is 6.02. The van der Waals surface area contributed by atoms with Crippen LogP contribution in [0.5, 0.6) is 0 Å². The summed E-state index contributed by atoms with van der Waals surface area (Å²) in [7, 11) is 0. The molecule has 1 aromatic heterocycles. The molecule has 0 spiro atoms. The fourth-order valence-corrected chi connectivity index (χ4v) is 6.67. The lowest BCUT2D eigenvalue weighted by Crippen LogP contribution is -2.50. The fourth-order valence-electron chi connectivity index (χ4n) is 6.67. The van der Waals surface area contributed by atoms with Gasteiger partial charge >= 0.3 is 0 Å². The first-order chi connectivity index (χ1) is 19.4. The van der Waals surface area contributed by atoms with Crippen LogP contribution in [0.2, 0.25) is 0 Å². The van der Waals surface area contributed by atoms with Gasteiger partial charge in [-0.1, -0.05) is 0 Å². The smallest absolute Gasteiger partial charge is 0.251 e. The van der Waals surface area contributed by atoms with Crippen LogP contribution in [0.15, 0.2) is 36.5 Å². The second kappa shape index (κ2) is 11.6. The van der Waals surface area contributed by atoms with Gasteiger partial charge in [0.25, 0.3) is 11.8 Å². The van der Waals surface area contributed by atoms with E-state index in [0.717, 1.165) is 57.7 Å². The van der Waals surface area contributed by atoms with Crippen molar-refractivity contribution in [1.82, 2.24) is 15.2 Å². The lowest BCUT2D eigenvalue weighted by Gasteiger charge is -2.40. The van der Waals surface area contributed by atoms with Crippen molar-refractivity contribution < 1.29 is 14.4 Å². The predicted octanol–water partition coefficient (Wildman–Crippen LogP) is 3.60. The lowest BCUT2D eigenvalue weighted by atomic mass is 9.96. The number of carbonyl (C=O) groups is 3. The molecule has 1 saturated carbocycles. The first kappa shape index (κ1) is 26.7. The number of Topliss-reactive ketones (excluding diaryl/α,β-unsaturated/α-hetero) is 1. The second-order valence-electron chi connectivity index (χ2n) is 12.0. The highest BCUT2D eigenvalue weighted by Crippen LogP contribution is 2.39. The van der Waals surface area contributed by atoms with Crippen molar-refractivity contribution in [3.8, 4) is 0 Å². The summed E-state index contributed by atoms with van der Waals surface area (Å²) in [6, 6.07) is 9.68. The van der Waals surface area contributed by atoms with Crippen LogP contribution < -0.4 is 21.3 Å². The minimum Gasteiger partial charge on any atom is -0.384 e. The standard InChI is InChI=1S/C31H40N6O3/c32-30(39)26-9-5-21(15-27(26)33-18-20-3-4-20)31(40)35-23-16-24-7-8-25(17-23)37(24)29-10-6-22(19-34-29)28(38)11-14-36-12-1-2-13-36/h5-6,9-10,15,19-20,23-25,33H,1-4,7-8,11-14,16-18H2,(H2,32,39)(H,35,40)/t23?,24-,25+. The molecule has 40 heavy (non-hydrogen) atoms. The third-order valence-electron chi connectivity index (χ3n) is 9.08. The van der Waals surface area contributed by atoms with Crippen LogP contribution in [0.1, 0.15) is 88.9 Å². The summed E-state index contributed by atoms with van der Waals surface area (Å²) < 4.78 is 0. The number of pyridine rings is 1. The molecular formula is C31H40N6O3. The summed E-state index contributed by atoms with van der Waals surface area (Å²) in [5.41, 5.74) is 7.82. The van der Waals surface area contributed by atoms with E-state index in [4.69, 9.17) is 10.7 Å². The Morgan fingerprint density at radius 1 is 0.950 bits per heavy atom. The Morgan fingerprint density at radius 3 is 2.33 bits per heavy atom. The van der Waals surface area contributed by atoms with E-state index in [-0.39, 0.29) is 17.7 Å². The highest BCUT2D eigenvalue weighted by atomic mass is 16.2. The van der Waals surface area contributed by atoms with Crippen LogP contribution in [0.3, 0.4) is 0 Å². The van der Waals surface area contributed by atoms with E-state index >= 15 is 0 Å². The predicted molar refractivity (Wildman–Crippen MR) is 155 cm³/mol. The number of hydrogen-bond acceptors (Lipinski definition) is 7. The Hall–Kier alpha value is -3.46. The number of aromatic nitrogens is 1. The van der Waals surface area contributed by atoms with Crippen LogP contribution in [0, 0.1) is 5.92 Å². The zero-order chi connectivity index (χ0) is 27.6. The molecule has 4 fully saturated rings. The van der Waals surface area contributed by atoms with Gasteiger partial charge in [-0.2, -0.15) is 0 Å². The normalized spacial score (nSPS) is 24.2. The summed E-state index contributed by atoms with van der Waals surface area (Å²) in [6.45, 7) is 3.82. The number of nitrogens with zero attached hydrogens (tertiary/aromatic N) is 3. The van der Waals surface area contributed by atoms with Crippen molar-refractivity contribution in [3.63, 3.8) is 0 Å². The molecule has 212 valence electrons. The maximum Gasteiger partial charge on any atom is 0.251 e. The first-order valence-electron chi connectivity index (χ1n) is 14.9. The Bertz CT molecular complexity index is 1240. The molecule has 9 heteroatoms. The average molecular weight is 545 g/mol. The van der Waals surface area contributed by atoms with Crippen molar-refractivity contribution in [2.45, 2.75) is 75.9 Å². The molecule has 3 saturated heterocycles. The average Bonchev–Trinajstić information content (AvgIpc) is 3.56. The summed E-state index contributed by atoms with van der Waals surface area (Å²) in [5.74, 6) is 1.08. The summed E-state index contributed by atoms with van der Waals surface area (Å²) >= 11 is 0. The largest absolute Gasteiger partial charge is 0.384 e. The number of rotatable bonds is 11. The number of anilines is 2. The van der Waals surface area contributed by atoms with E-state index in [0.29, 0.717) is 46.8 Å². The van der Waals surface area contributed by atoms with Gasteiger partial charge in [-0.15, -0.1) is 0 Å². The van der Waals surface area contributed by atoms with E-state index in [9.17, 15) is 14.4 Å². The van der Waals surface area contributed by atoms with Gasteiger partial charge in [-0.3, -0.25) is 14.4 Å². The molecule has 2 amide bonds. The number of fused-ring (bicyclic) bond motifs is 2. The molecule has 1 aromatic carbocycles. The highest BCUT2D eigenvalue weighted by Gasteiger charge is 2.42. The van der Waals surface area contributed by atoms with E-state index in [1.54, 1.807) is 24.4 Å². The number of nitrogens with two attached hydrogens (primary N) is 1. The van der Waals surface area contributed by atoms with Crippen molar-refractivity contribution in [1.29, 1.82) is 0 Å². The van der Waals surface area contributed by atoms with Gasteiger partial charge in [0.1, 0.15) is 5.82 Å². The van der Waals surface area contributed by atoms with Gasteiger partial charge < -0.3 is 26.2 Å². The third kappa shape index (κ3) is 5.99. The summed E-state index contributed by atoms with van der Waals surface area (Å²) in [4.78, 5) is 47.2. The maximum atomic E-state index is 13.2. The van der Waals surface area contributed by atoms with Crippen LogP contribution in [-0.4, -0.2) is 71.8 Å². The second-order valence-corrected chi connectivity index (χ2v) is 12.0. The number of ketones is 1. The number of benzene rings is 1. The van der Waals surface area contributed by atoms with Crippen molar-refractivity contribution >= 4 is 29.1 Å². The molecule has 4 heterocycles. The van der Waals surface area contributed by atoms with E-state index in [1.807, 2.05) is 12.1 Å². The Kier molecular flexibility index (Phi) is 7.74. The molecule has 1 aliphatic carbocycles. The molecule has 1 unspecified atom stereocenters. The number of likely N-dealkylation sites (tertiary alicyclic amines) is 1. The molecule has 6 rings (SSSR count). The molecule has 4 aliphatic rings. The maximum absolute atomic E-state index is 13.2. The van der Waals surface area contributed by atoms with Crippen molar-refractivity contribution in [2.75, 3.05) is 36.4 Å². The van der Waals surface area contributed by atoms with E-state index in [1.165, 1.54) is 25.7 Å². The minimum absolute atomic E-state index is 0.0754. The lowest BCUT2D eigenvalue weighted by molar-refractivity contribution is 0.0924. The molecule has 0 radical (unpaired) electrons. The summed E-state index contributed by atoms with van der Waals surface area (Å²) in [5, 5.41) is 6.56. The quantitative estimate of drug-likeness (QED) is 0.370. The SMILES string of the molecule is NC(=O)c1ccc(C(=O)NC2C[C@H]3CC[C@@H](C2)N3c2ccc(C(=O)CCN3CCCC3)cn2)cc1NCC1CC1. The molecular weight excluding hydrogens is 504 g/mol. The molecule has 3 aliphatic heterocycles. The topological polar surface area (TPSA) is 121 Å². The van der Waals surface area contributed by atoms with Crippen LogP contribution in [-0.2, 0) is 0 Å². The molecule has 2 bridgehead atoms. The Balaban J connectivity index is 1.05. The fraction of sp³-hybridized carbons (Fsp3) is 0.548. The zero-order valence-electron chi connectivity index (χ0n) is 23.1. The first-order valence-corrected chi connectivity index (χ1v) is 14.9. The van der Waals surface area contributed by atoms with Crippen LogP contribution in [0.4, 0.5) is 11.5 Å². The zero-order valence-corrected chi connectivity index (χ0v) is 23.1. The summed E-state index contributed by atoms with van der Waals surface area (Å²) in [6.07, 6.45) is 11.0. The Morgan fingerprint density at radius 2 is 1.68 bits per heavy atom. The van der Waals surface area contributed by atoms with Gasteiger partial charge in [0.05, 0.1) is 5.56 Å². The van der Waals surface area contributed by atoms with Crippen molar-refractivity contribution in [3.05, 3.63) is 53.2 Å². The number of piperidine rings is 1. The van der Waals surface area contributed by atoms with Crippen LogP contribution >= 0.6 is 0 Å². The van der Waals surface area contributed by atoms with E-state index < -0.39 is 5.91 Å². The number of amides is 2. The van der Waals surface area contributed by atoms with Gasteiger partial charge in [0.15, 0.2) is 5.78 Å². The van der Waals surface area contributed by atoms with Gasteiger partial charge in [-0.25, -0.2) is 4.98 Å². The molecule has 2 aromatic rings. The number of primary amides is 1. The van der Waals surface area contributed by atoms with E-state index in [2.05, 4.69) is 20.4 Å². The Labute approximate surface area is 235 Å². The minimum atomic E-state index is -0.498. The molecule has 9 nitrogen and oxygen atoms in total.